The van der Waals surface area contributed by atoms with E-state index in [0.29, 0.717) is 73.4 Å². The number of benzene rings is 3. The van der Waals surface area contributed by atoms with Gasteiger partial charge in [-0.25, -0.2) is 39.4 Å². The normalized spacial score (nSPS) is 17.0. The van der Waals surface area contributed by atoms with Gasteiger partial charge >= 0.3 is 5.97 Å². The van der Waals surface area contributed by atoms with Gasteiger partial charge in [-0.15, -0.1) is 5.23 Å². The lowest BCUT2D eigenvalue weighted by atomic mass is 9.90. The minimum Gasteiger partial charge on any atom is -0.478 e. The van der Waals surface area contributed by atoms with E-state index in [1.54, 1.807) is 12.1 Å². The van der Waals surface area contributed by atoms with Crippen molar-refractivity contribution in [3.63, 3.8) is 0 Å². The number of pyridine rings is 5. The Bertz CT molecular complexity index is 4690. The number of nitrogens with zero attached hydrogens (tertiary/aromatic N) is 13. The van der Waals surface area contributed by atoms with Crippen molar-refractivity contribution in [3.05, 3.63) is 186 Å². The van der Waals surface area contributed by atoms with Crippen molar-refractivity contribution in [2.45, 2.75) is 190 Å². The maximum absolute atomic E-state index is 13.7. The second-order valence-electron chi connectivity index (χ2n) is 33.6. The number of carboxylic acid groups (broad SMARTS) is 1. The smallest absolute Gasteiger partial charge is 0.335 e. The van der Waals surface area contributed by atoms with Gasteiger partial charge in [0.15, 0.2) is 11.6 Å². The van der Waals surface area contributed by atoms with Gasteiger partial charge in [-0.2, -0.15) is 0 Å². The van der Waals surface area contributed by atoms with Gasteiger partial charge in [-0.05, 0) is 286 Å². The van der Waals surface area contributed by atoms with Crippen LogP contribution in [0.1, 0.15) is 181 Å². The quantitative estimate of drug-likeness (QED) is 0.0372. The highest BCUT2D eigenvalue weighted by Crippen LogP contribution is 2.41. The number of nitrogen functional groups attached to an aromatic ring is 3. The molecule has 3 aromatic carbocycles. The van der Waals surface area contributed by atoms with Crippen LogP contribution in [0.25, 0.3) is 11.1 Å². The van der Waals surface area contributed by atoms with Crippen LogP contribution < -0.4 is 52.7 Å². The van der Waals surface area contributed by atoms with Crippen LogP contribution in [0.4, 0.5) is 51.8 Å². The third-order valence-corrected chi connectivity index (χ3v) is 25.1. The number of halogens is 2. The van der Waals surface area contributed by atoms with Crippen molar-refractivity contribution >= 4 is 101 Å². The summed E-state index contributed by atoms with van der Waals surface area (Å²) in [5.74, 6) is 2.96. The number of ether oxygens (including phenoxy) is 3. The Labute approximate surface area is 739 Å². The molecule has 0 aliphatic carbocycles. The molecule has 6 aliphatic heterocycles. The number of carbonyl (C=O) groups is 3. The standard InChI is InChI=1S/C33H44N6O2.C23H30BrN3O2.C16H26N4O2.C14H18BrNO3.C8H13N3/c1-5-39(28-10-16-41-17-11-28)29-20-26(25-6-9-32(35-22-25)38-14-12-37(4)13-15-38)19-27(21-29)31(40)8-7-30-23(2)18-24(3)36-33(30)34;1-4-27(19-7-9-29-10-8-19)20-13-17(12-18(24)14-20)22(28)6-5-21-15(2)11-16(3)26-23(21)25;1-15(2)16(3,4)22-20(21-15)13-6-7-14(17-12-13)19-10-8-18(5)9-11-19;1-2-16(12-3-5-19-6-4-12)13-8-10(14(17)18)7-11(15)9-13;1-5-3-6(2)11-8(10)7(5)4-9/h6,9,18-22,28H,5,7-8,10-17H2,1-4H3,(H2,34,36);11-14,19H,4-10H2,1-3H3,(H2,25,26);6-7,12H,8-11H2,1-5H3;7-9,12H,2-6H2,1H3,(H,17,18);3H,4,9H2,1-2H3,(H2,10,11). The summed E-state index contributed by atoms with van der Waals surface area (Å²) in [4.78, 5) is 88.3. The van der Waals surface area contributed by atoms with E-state index in [9.17, 15) is 14.4 Å². The fraction of sp³-hybridized carbons (Fsp3) is 0.511. The lowest BCUT2D eigenvalue weighted by Gasteiger charge is -2.36. The van der Waals surface area contributed by atoms with Crippen LogP contribution in [-0.4, -0.2) is 212 Å². The number of aromatic carboxylic acids is 1. The Morgan fingerprint density at radius 3 is 1.18 bits per heavy atom. The molecule has 9 N–H and O–H groups in total. The van der Waals surface area contributed by atoms with E-state index in [2.05, 4.69) is 151 Å². The van der Waals surface area contributed by atoms with Crippen LogP contribution in [0.15, 0.2) is 118 Å². The molecule has 11 heterocycles. The molecule has 26 nitrogen and oxygen atoms in total. The summed E-state index contributed by atoms with van der Waals surface area (Å²) < 4.78 is 18.3. The molecule has 6 aliphatic rings. The molecule has 660 valence electrons. The summed E-state index contributed by atoms with van der Waals surface area (Å²) in [6.45, 7) is 42.4. The van der Waals surface area contributed by atoms with Gasteiger partial charge in [0, 0.05) is 221 Å². The molecule has 0 amide bonds. The highest BCUT2D eigenvalue weighted by Gasteiger charge is 2.50. The fourth-order valence-electron chi connectivity index (χ4n) is 16.4. The molecule has 6 fully saturated rings. The SMILES string of the molecule is CCN(c1cc(Br)cc(C(=O)CCc2c(C)cc(C)nc2N)c1)C1CCOCC1.CCN(c1cc(Br)cc(C(=O)O)c1)C1CCOCC1.CCN(c1cc(C(=O)CCc2c(C)cc(C)nc2N)cc(-c2ccc(N3CCN(C)CC3)nc2)c1)C1CCOCC1.CN1CCN(c2ccc(N3OC(C)(C)C(C)(C)O3)cn2)CC1.Cc1cc(C)c(CN)c(N)n1. The topological polar surface area (TPSA) is 312 Å². The highest BCUT2D eigenvalue weighted by molar-refractivity contribution is 9.10. The number of likely N-dealkylation sites (N-methyl/N-ethyl adjacent to an activating group) is 2. The van der Waals surface area contributed by atoms with Crippen molar-refractivity contribution in [1.82, 2.24) is 34.7 Å². The van der Waals surface area contributed by atoms with E-state index in [1.165, 1.54) is 5.23 Å². The van der Waals surface area contributed by atoms with Crippen LogP contribution in [0.5, 0.6) is 0 Å². The first-order valence-electron chi connectivity index (χ1n) is 43.2. The van der Waals surface area contributed by atoms with E-state index in [0.717, 1.165) is 266 Å². The molecule has 0 saturated carbocycles. The van der Waals surface area contributed by atoms with Gasteiger partial charge in [-0.3, -0.25) is 9.59 Å². The monoisotopic (exact) mass is 1800 g/mol. The van der Waals surface area contributed by atoms with Crippen molar-refractivity contribution < 1.29 is 43.4 Å². The number of aryl methyl sites for hydroxylation is 6. The van der Waals surface area contributed by atoms with Gasteiger partial charge in [0.05, 0.1) is 11.8 Å². The Hall–Kier alpha value is -8.94. The molecule has 0 atom stereocenters. The summed E-state index contributed by atoms with van der Waals surface area (Å²) in [7, 11) is 4.31. The van der Waals surface area contributed by atoms with Crippen LogP contribution >= 0.6 is 31.9 Å². The molecule has 122 heavy (non-hydrogen) atoms. The van der Waals surface area contributed by atoms with Crippen LogP contribution in [0.3, 0.4) is 0 Å². The van der Waals surface area contributed by atoms with E-state index >= 15 is 0 Å². The second-order valence-corrected chi connectivity index (χ2v) is 35.4. The Morgan fingerprint density at radius 2 is 0.828 bits per heavy atom. The summed E-state index contributed by atoms with van der Waals surface area (Å²) in [6, 6.07) is 33.3. The summed E-state index contributed by atoms with van der Waals surface area (Å²) in [6.07, 6.45) is 11.7. The number of aromatic nitrogens is 5. The van der Waals surface area contributed by atoms with E-state index in [1.807, 2.05) is 136 Å². The van der Waals surface area contributed by atoms with Crippen molar-refractivity contribution in [3.8, 4) is 11.1 Å². The molecule has 6 saturated heterocycles. The van der Waals surface area contributed by atoms with Crippen LogP contribution in [0.2, 0.25) is 0 Å². The van der Waals surface area contributed by atoms with E-state index < -0.39 is 5.97 Å². The molecule has 0 bridgehead atoms. The van der Waals surface area contributed by atoms with Crippen molar-refractivity contribution in [1.29, 1.82) is 0 Å². The second kappa shape index (κ2) is 44.6. The first kappa shape index (κ1) is 95.3. The molecule has 5 aromatic heterocycles. The molecule has 0 spiro atoms. The average molecular weight is 1800 g/mol. The number of hydrogen-bond donors (Lipinski definition) is 5. The lowest BCUT2D eigenvalue weighted by Crippen LogP contribution is -2.44. The Morgan fingerprint density at radius 1 is 0.467 bits per heavy atom. The molecule has 0 unspecified atom stereocenters. The van der Waals surface area contributed by atoms with Crippen LogP contribution in [-0.2, 0) is 43.3 Å². The molecule has 14 rings (SSSR count). The minimum absolute atomic E-state index is 0.109. The molecule has 0 radical (unpaired) electrons. The third-order valence-electron chi connectivity index (χ3n) is 24.2. The summed E-state index contributed by atoms with van der Waals surface area (Å²) >= 11 is 6.98. The minimum atomic E-state index is -0.898. The molecular weight excluding hydrogens is 1670 g/mol. The number of anilines is 9. The average Bonchev–Trinajstić information content (AvgIpc) is 1.58. The first-order valence-corrected chi connectivity index (χ1v) is 44.8. The maximum atomic E-state index is 13.7. The highest BCUT2D eigenvalue weighted by atomic mass is 79.9. The lowest BCUT2D eigenvalue weighted by molar-refractivity contribution is -0.0274. The van der Waals surface area contributed by atoms with E-state index in [4.69, 9.17) is 56.9 Å². The fourth-order valence-corrected chi connectivity index (χ4v) is 17.4. The zero-order valence-corrected chi connectivity index (χ0v) is 77.7. The van der Waals surface area contributed by atoms with Crippen molar-refractivity contribution in [2.24, 2.45) is 5.73 Å². The number of Topliss-reactive ketones (excluding diaryl/α,β-unsaturated/α-hetero) is 2. The van der Waals surface area contributed by atoms with E-state index in [-0.39, 0.29) is 22.8 Å². The number of nitrogens with two attached hydrogens (primary N) is 4. The number of piperazine rings is 2. The first-order chi connectivity index (χ1) is 58.2. The summed E-state index contributed by atoms with van der Waals surface area (Å²) in [5, 5.41) is 10.6. The van der Waals surface area contributed by atoms with Gasteiger partial charge in [-0.1, -0.05) is 31.9 Å². The predicted molar refractivity (Wildman–Crippen MR) is 500 cm³/mol. The number of ketones is 2. The molecular formula is C94H131Br2N17O9. The number of carboxylic acids is 1. The predicted octanol–water partition coefficient (Wildman–Crippen LogP) is 15.7. The number of carbonyl (C=O) groups excluding carboxylic acids is 2. The van der Waals surface area contributed by atoms with Gasteiger partial charge in [0.1, 0.15) is 46.0 Å². The maximum Gasteiger partial charge on any atom is 0.335 e. The van der Waals surface area contributed by atoms with Crippen LogP contribution in [0, 0.1) is 41.5 Å². The number of rotatable bonds is 23. The zero-order valence-electron chi connectivity index (χ0n) is 74.5. The van der Waals surface area contributed by atoms with Crippen molar-refractivity contribution in [2.75, 3.05) is 173 Å². The number of hydrogen-bond acceptors (Lipinski definition) is 25. The Balaban J connectivity index is 0.000000169. The van der Waals surface area contributed by atoms with Gasteiger partial charge in [0.2, 0.25) is 0 Å². The zero-order chi connectivity index (χ0) is 88.1. The Kier molecular flexibility index (Phi) is 34.8. The summed E-state index contributed by atoms with van der Waals surface area (Å²) in [5.41, 5.74) is 39.3. The molecule has 28 heteroatoms. The van der Waals surface area contributed by atoms with Gasteiger partial charge < -0.3 is 76.6 Å². The largest absolute Gasteiger partial charge is 0.478 e. The molecule has 8 aromatic rings. The van der Waals surface area contributed by atoms with Gasteiger partial charge in [0.25, 0.3) is 0 Å². The third kappa shape index (κ3) is 25.9.